The van der Waals surface area contributed by atoms with Gasteiger partial charge in [0.2, 0.25) is 0 Å². The van der Waals surface area contributed by atoms with Gasteiger partial charge in [0.05, 0.1) is 0 Å². The summed E-state index contributed by atoms with van der Waals surface area (Å²) < 4.78 is 0. The summed E-state index contributed by atoms with van der Waals surface area (Å²) >= 11 is 0. The second-order valence-electron chi connectivity index (χ2n) is 4.46. The van der Waals surface area contributed by atoms with Crippen LogP contribution in [0, 0.1) is 0 Å². The fourth-order valence-corrected chi connectivity index (χ4v) is 2.26. The normalized spacial score (nSPS) is 10.3. The Morgan fingerprint density at radius 2 is 1.68 bits per heavy atom. The van der Waals surface area contributed by atoms with Gasteiger partial charge < -0.3 is 15.1 Å². The van der Waals surface area contributed by atoms with E-state index in [0.29, 0.717) is 0 Å². The molecule has 0 heterocycles. The van der Waals surface area contributed by atoms with Gasteiger partial charge in [0.1, 0.15) is 0 Å². The van der Waals surface area contributed by atoms with Gasteiger partial charge in [-0.15, -0.1) is 11.5 Å². The van der Waals surface area contributed by atoms with E-state index in [1.165, 1.54) is 17.7 Å². The van der Waals surface area contributed by atoms with E-state index in [2.05, 4.69) is 18.7 Å². The summed E-state index contributed by atoms with van der Waals surface area (Å²) in [6.45, 7) is 5.02. The standard InChI is InChI=1S/C15H19NO2.Ni/c1-4-10-6-7-11-8-13(17)14(18)9-12(11)15(10)16(3)5-2;/h6-9,17-18H,4-5H2,1-3H3;/q;+2/p-2. The van der Waals surface area contributed by atoms with Crippen molar-refractivity contribution in [2.45, 2.75) is 20.3 Å². The first-order valence-electron chi connectivity index (χ1n) is 6.23. The Bertz CT molecular complexity index is 584. The van der Waals surface area contributed by atoms with Crippen molar-refractivity contribution in [3.05, 3.63) is 29.8 Å². The zero-order valence-corrected chi connectivity index (χ0v) is 12.3. The molecule has 0 unspecified atom stereocenters. The minimum absolute atomic E-state index is 0. The Kier molecular flexibility index (Phi) is 5.07. The molecule has 0 radical (unpaired) electrons. The molecule has 0 spiro atoms. The van der Waals surface area contributed by atoms with Crippen LogP contribution in [0.25, 0.3) is 10.8 Å². The van der Waals surface area contributed by atoms with E-state index < -0.39 is 11.5 Å². The topological polar surface area (TPSA) is 49.4 Å². The second-order valence-corrected chi connectivity index (χ2v) is 4.46. The second kappa shape index (κ2) is 6.16. The first-order valence-corrected chi connectivity index (χ1v) is 6.23. The van der Waals surface area contributed by atoms with Crippen molar-refractivity contribution < 1.29 is 26.7 Å². The van der Waals surface area contributed by atoms with Crippen LogP contribution in [0.3, 0.4) is 0 Å². The quantitative estimate of drug-likeness (QED) is 0.815. The SMILES string of the molecule is CCc1ccc2cc([O-])c([O-])cc2c1N(C)CC.[Ni+2]. The molecule has 0 bridgehead atoms. The Labute approximate surface area is 123 Å². The number of nitrogens with zero attached hydrogens (tertiary/aromatic N) is 1. The summed E-state index contributed by atoms with van der Waals surface area (Å²) in [5, 5.41) is 24.7. The first kappa shape index (κ1) is 15.7. The molecule has 3 nitrogen and oxygen atoms in total. The van der Waals surface area contributed by atoms with Gasteiger partial charge in [-0.25, -0.2) is 0 Å². The van der Waals surface area contributed by atoms with Gasteiger partial charge in [-0.2, -0.15) is 0 Å². The Morgan fingerprint density at radius 1 is 1.05 bits per heavy atom. The molecule has 0 saturated heterocycles. The van der Waals surface area contributed by atoms with Crippen molar-refractivity contribution >= 4 is 16.5 Å². The third-order valence-electron chi connectivity index (χ3n) is 3.38. The van der Waals surface area contributed by atoms with Crippen molar-refractivity contribution in [2.24, 2.45) is 0 Å². The molecule has 0 aromatic heterocycles. The smallest absolute Gasteiger partial charge is 0.873 e. The zero-order chi connectivity index (χ0) is 13.3. The van der Waals surface area contributed by atoms with Crippen LogP contribution in [0.1, 0.15) is 19.4 Å². The predicted molar refractivity (Wildman–Crippen MR) is 71.2 cm³/mol. The van der Waals surface area contributed by atoms with Crippen LogP contribution in [-0.2, 0) is 22.9 Å². The van der Waals surface area contributed by atoms with Crippen LogP contribution < -0.4 is 15.1 Å². The van der Waals surface area contributed by atoms with Crippen LogP contribution in [-0.4, -0.2) is 13.6 Å². The average Bonchev–Trinajstić information content (AvgIpc) is 2.38. The molecule has 0 N–H and O–H groups in total. The first-order chi connectivity index (χ1) is 8.58. The number of aryl methyl sites for hydroxylation is 1. The molecule has 4 heteroatoms. The van der Waals surface area contributed by atoms with Gasteiger partial charge in [0.15, 0.2) is 0 Å². The van der Waals surface area contributed by atoms with E-state index in [-0.39, 0.29) is 16.5 Å². The van der Waals surface area contributed by atoms with Crippen molar-refractivity contribution in [2.75, 3.05) is 18.5 Å². The van der Waals surface area contributed by atoms with Gasteiger partial charge in [0.25, 0.3) is 0 Å². The molecule has 2 rings (SSSR count). The van der Waals surface area contributed by atoms with Gasteiger partial charge in [-0.1, -0.05) is 31.2 Å². The molecule has 0 aliphatic heterocycles. The minimum atomic E-state index is -0.433. The number of hydrogen-bond donors (Lipinski definition) is 0. The predicted octanol–water partition coefficient (Wildman–Crippen LogP) is 2.00. The van der Waals surface area contributed by atoms with Gasteiger partial charge in [-0.3, -0.25) is 0 Å². The molecule has 19 heavy (non-hydrogen) atoms. The average molecular weight is 302 g/mol. The summed E-state index contributed by atoms with van der Waals surface area (Å²) in [5.41, 5.74) is 2.26. The van der Waals surface area contributed by atoms with Gasteiger partial charge >= 0.3 is 16.5 Å². The third kappa shape index (κ3) is 2.79. The summed E-state index contributed by atoms with van der Waals surface area (Å²) in [4.78, 5) is 2.12. The minimum Gasteiger partial charge on any atom is -0.873 e. The van der Waals surface area contributed by atoms with Gasteiger partial charge in [0, 0.05) is 24.7 Å². The zero-order valence-electron chi connectivity index (χ0n) is 11.3. The maximum Gasteiger partial charge on any atom is 2.00 e. The van der Waals surface area contributed by atoms with E-state index in [0.717, 1.165) is 29.4 Å². The summed E-state index contributed by atoms with van der Waals surface area (Å²) in [6.07, 6.45) is 0.906. The molecule has 0 fully saturated rings. The number of fused-ring (bicyclic) bond motifs is 1. The van der Waals surface area contributed by atoms with E-state index in [1.54, 1.807) is 0 Å². The summed E-state index contributed by atoms with van der Waals surface area (Å²) in [6, 6.07) is 6.86. The molecule has 2 aromatic carbocycles. The Hall–Kier alpha value is -1.41. The van der Waals surface area contributed by atoms with Crippen LogP contribution >= 0.6 is 0 Å². The van der Waals surface area contributed by atoms with Crippen LogP contribution in [0.5, 0.6) is 11.5 Å². The molecular weight excluding hydrogens is 285 g/mol. The number of hydrogen-bond acceptors (Lipinski definition) is 3. The number of rotatable bonds is 3. The molecule has 0 atom stereocenters. The molecule has 0 aliphatic rings. The summed E-state index contributed by atoms with van der Waals surface area (Å²) in [7, 11) is 2.00. The fourth-order valence-electron chi connectivity index (χ4n) is 2.26. The number of benzene rings is 2. The molecule has 0 amide bonds. The molecule has 0 saturated carbocycles. The Balaban J connectivity index is 0.00000180. The molecular formula is C15H17NNiO2. The Morgan fingerprint density at radius 3 is 2.26 bits per heavy atom. The summed E-state index contributed by atoms with van der Waals surface area (Å²) in [5.74, 6) is -0.863. The van der Waals surface area contributed by atoms with E-state index in [1.807, 2.05) is 19.2 Å². The third-order valence-corrected chi connectivity index (χ3v) is 3.38. The largest absolute Gasteiger partial charge is 2.00 e. The van der Waals surface area contributed by atoms with E-state index in [9.17, 15) is 10.2 Å². The van der Waals surface area contributed by atoms with Crippen molar-refractivity contribution in [3.8, 4) is 11.5 Å². The van der Waals surface area contributed by atoms with E-state index in [4.69, 9.17) is 0 Å². The van der Waals surface area contributed by atoms with Crippen LogP contribution in [0.4, 0.5) is 5.69 Å². The van der Waals surface area contributed by atoms with Gasteiger partial charge in [-0.05, 0) is 24.3 Å². The fraction of sp³-hybridized carbons (Fsp3) is 0.333. The molecule has 104 valence electrons. The van der Waals surface area contributed by atoms with E-state index >= 15 is 0 Å². The van der Waals surface area contributed by atoms with Crippen molar-refractivity contribution in [3.63, 3.8) is 0 Å². The van der Waals surface area contributed by atoms with Crippen LogP contribution in [0.2, 0.25) is 0 Å². The molecule has 0 aliphatic carbocycles. The maximum absolute atomic E-state index is 11.6. The monoisotopic (exact) mass is 301 g/mol. The van der Waals surface area contributed by atoms with Crippen LogP contribution in [0.15, 0.2) is 24.3 Å². The maximum atomic E-state index is 11.6. The van der Waals surface area contributed by atoms with Crippen molar-refractivity contribution in [1.82, 2.24) is 0 Å². The number of anilines is 1. The van der Waals surface area contributed by atoms with Crippen molar-refractivity contribution in [1.29, 1.82) is 0 Å². The molecule has 2 aromatic rings.